The molecule has 0 saturated carbocycles. The van der Waals surface area contributed by atoms with Crippen LogP contribution in [0.25, 0.3) is 0 Å². The van der Waals surface area contributed by atoms with E-state index >= 15 is 0 Å². The highest BCUT2D eigenvalue weighted by molar-refractivity contribution is 6.30. The topological polar surface area (TPSA) is 94.6 Å². The SMILES string of the molecule is CCOc1ccc(C(=O)Oc2ccc3c(c2)OC(N)=C(C#N)C3c2cccc(Cl)c2)cc1. The number of ether oxygens (including phenoxy) is 3. The molecule has 3 aromatic rings. The first-order valence-corrected chi connectivity index (χ1v) is 10.3. The summed E-state index contributed by atoms with van der Waals surface area (Å²) >= 11 is 6.16. The van der Waals surface area contributed by atoms with Gasteiger partial charge in [0.2, 0.25) is 5.88 Å². The van der Waals surface area contributed by atoms with Crippen molar-refractivity contribution >= 4 is 17.6 Å². The zero-order valence-electron chi connectivity index (χ0n) is 17.2. The summed E-state index contributed by atoms with van der Waals surface area (Å²) in [5, 5.41) is 10.2. The van der Waals surface area contributed by atoms with Crippen LogP contribution < -0.4 is 19.9 Å². The van der Waals surface area contributed by atoms with Crippen LogP contribution in [0.3, 0.4) is 0 Å². The van der Waals surface area contributed by atoms with Crippen LogP contribution in [0.5, 0.6) is 17.2 Å². The number of hydrogen-bond donors (Lipinski definition) is 1. The summed E-state index contributed by atoms with van der Waals surface area (Å²) < 4.78 is 16.6. The van der Waals surface area contributed by atoms with E-state index in [-0.39, 0.29) is 5.88 Å². The minimum atomic E-state index is -0.517. The third kappa shape index (κ3) is 4.25. The lowest BCUT2D eigenvalue weighted by molar-refractivity contribution is 0.0734. The number of allylic oxidation sites excluding steroid dienone is 1. The van der Waals surface area contributed by atoms with Crippen molar-refractivity contribution in [3.63, 3.8) is 0 Å². The van der Waals surface area contributed by atoms with Crippen LogP contribution in [-0.2, 0) is 0 Å². The quantitative estimate of drug-likeness (QED) is 0.429. The minimum Gasteiger partial charge on any atom is -0.494 e. The number of hydrogen-bond acceptors (Lipinski definition) is 6. The van der Waals surface area contributed by atoms with E-state index in [9.17, 15) is 10.1 Å². The van der Waals surface area contributed by atoms with E-state index in [1.54, 1.807) is 54.6 Å². The van der Waals surface area contributed by atoms with Gasteiger partial charge in [-0.15, -0.1) is 0 Å². The monoisotopic (exact) mass is 446 g/mol. The van der Waals surface area contributed by atoms with Gasteiger partial charge in [0.15, 0.2) is 0 Å². The smallest absolute Gasteiger partial charge is 0.343 e. The lowest BCUT2D eigenvalue weighted by Crippen LogP contribution is -2.21. The molecule has 7 heteroatoms. The van der Waals surface area contributed by atoms with Crippen molar-refractivity contribution in [2.45, 2.75) is 12.8 Å². The maximum absolute atomic E-state index is 12.5. The first-order chi connectivity index (χ1) is 15.5. The van der Waals surface area contributed by atoms with E-state index in [2.05, 4.69) is 6.07 Å². The van der Waals surface area contributed by atoms with Gasteiger partial charge < -0.3 is 19.9 Å². The number of nitrogens with two attached hydrogens (primary N) is 1. The molecular weight excluding hydrogens is 428 g/mol. The van der Waals surface area contributed by atoms with Crippen LogP contribution in [0, 0.1) is 11.3 Å². The van der Waals surface area contributed by atoms with Gasteiger partial charge in [0, 0.05) is 16.7 Å². The number of halogens is 1. The average molecular weight is 447 g/mol. The Labute approximate surface area is 190 Å². The van der Waals surface area contributed by atoms with Gasteiger partial charge in [0.05, 0.1) is 18.1 Å². The standard InChI is InChI=1S/C25H19ClN2O4/c1-2-30-18-8-6-15(7-9-18)25(29)31-19-10-11-20-22(13-19)32-24(28)21(14-27)23(20)16-4-3-5-17(26)12-16/h3-13,23H,2,28H2,1H3. The fraction of sp³-hybridized carbons (Fsp3) is 0.120. The van der Waals surface area contributed by atoms with Crippen molar-refractivity contribution in [3.05, 3.63) is 99.9 Å². The molecule has 6 nitrogen and oxygen atoms in total. The predicted molar refractivity (Wildman–Crippen MR) is 120 cm³/mol. The Morgan fingerprint density at radius 3 is 2.56 bits per heavy atom. The summed E-state index contributed by atoms with van der Waals surface area (Å²) in [6, 6.07) is 21.0. The molecule has 160 valence electrons. The van der Waals surface area contributed by atoms with Crippen molar-refractivity contribution in [3.8, 4) is 23.3 Å². The molecule has 0 radical (unpaired) electrons. The van der Waals surface area contributed by atoms with E-state index in [4.69, 9.17) is 31.5 Å². The molecule has 1 aliphatic heterocycles. The van der Waals surface area contributed by atoms with E-state index in [1.807, 2.05) is 19.1 Å². The molecule has 4 rings (SSSR count). The summed E-state index contributed by atoms with van der Waals surface area (Å²) in [6.45, 7) is 2.43. The molecule has 1 unspecified atom stereocenters. The van der Waals surface area contributed by atoms with Gasteiger partial charge in [-0.3, -0.25) is 0 Å². The average Bonchev–Trinajstić information content (AvgIpc) is 2.78. The van der Waals surface area contributed by atoms with E-state index in [1.165, 1.54) is 0 Å². The Morgan fingerprint density at radius 1 is 1.12 bits per heavy atom. The lowest BCUT2D eigenvalue weighted by Gasteiger charge is -2.26. The van der Waals surface area contributed by atoms with E-state index in [0.29, 0.717) is 40.0 Å². The highest BCUT2D eigenvalue weighted by atomic mass is 35.5. The third-order valence-corrected chi connectivity index (χ3v) is 5.22. The van der Waals surface area contributed by atoms with Gasteiger partial charge in [0.1, 0.15) is 28.9 Å². The van der Waals surface area contributed by atoms with Crippen molar-refractivity contribution in [1.82, 2.24) is 0 Å². The predicted octanol–water partition coefficient (Wildman–Crippen LogP) is 5.18. The molecule has 0 bridgehead atoms. The summed E-state index contributed by atoms with van der Waals surface area (Å²) in [5.74, 6) is 0.410. The van der Waals surface area contributed by atoms with E-state index < -0.39 is 11.9 Å². The van der Waals surface area contributed by atoms with Gasteiger partial charge in [-0.2, -0.15) is 5.26 Å². The Hall–Kier alpha value is -3.95. The number of benzene rings is 3. The van der Waals surface area contributed by atoms with E-state index in [0.717, 1.165) is 11.1 Å². The first-order valence-electron chi connectivity index (χ1n) is 9.92. The van der Waals surface area contributed by atoms with Crippen molar-refractivity contribution in [2.75, 3.05) is 6.61 Å². The maximum Gasteiger partial charge on any atom is 0.343 e. The maximum atomic E-state index is 12.5. The number of carbonyl (C=O) groups excluding carboxylic acids is 1. The van der Waals surface area contributed by atoms with Crippen LogP contribution in [0.2, 0.25) is 5.02 Å². The largest absolute Gasteiger partial charge is 0.494 e. The molecule has 0 aromatic heterocycles. The summed E-state index contributed by atoms with van der Waals surface area (Å²) in [4.78, 5) is 12.5. The molecule has 1 heterocycles. The van der Waals surface area contributed by atoms with Crippen LogP contribution in [0.15, 0.2) is 78.2 Å². The molecule has 2 N–H and O–H groups in total. The highest BCUT2D eigenvalue weighted by Gasteiger charge is 2.31. The highest BCUT2D eigenvalue weighted by Crippen LogP contribution is 2.43. The number of fused-ring (bicyclic) bond motifs is 1. The zero-order chi connectivity index (χ0) is 22.7. The van der Waals surface area contributed by atoms with Crippen molar-refractivity contribution < 1.29 is 19.0 Å². The molecule has 3 aromatic carbocycles. The summed E-state index contributed by atoms with van der Waals surface area (Å²) in [5.41, 5.74) is 8.24. The van der Waals surface area contributed by atoms with Crippen LogP contribution in [0.1, 0.15) is 34.3 Å². The number of esters is 1. The molecule has 0 amide bonds. The van der Waals surface area contributed by atoms with Crippen LogP contribution in [0.4, 0.5) is 0 Å². The fourth-order valence-corrected chi connectivity index (χ4v) is 3.75. The molecule has 0 aliphatic carbocycles. The van der Waals surface area contributed by atoms with Crippen molar-refractivity contribution in [2.24, 2.45) is 5.73 Å². The van der Waals surface area contributed by atoms with Gasteiger partial charge in [-0.05, 0) is 55.0 Å². The second-order valence-corrected chi connectivity index (χ2v) is 7.46. The Kier molecular flexibility index (Phi) is 6.02. The molecular formula is C25H19ClN2O4. The van der Waals surface area contributed by atoms with Crippen molar-refractivity contribution in [1.29, 1.82) is 5.26 Å². The number of rotatable bonds is 5. The number of nitriles is 1. The molecule has 0 spiro atoms. The van der Waals surface area contributed by atoms with Crippen LogP contribution in [-0.4, -0.2) is 12.6 Å². The zero-order valence-corrected chi connectivity index (χ0v) is 17.9. The summed E-state index contributed by atoms with van der Waals surface area (Å²) in [7, 11) is 0. The second-order valence-electron chi connectivity index (χ2n) is 7.03. The molecule has 0 saturated heterocycles. The van der Waals surface area contributed by atoms with Crippen LogP contribution >= 0.6 is 11.6 Å². The second kappa shape index (κ2) is 9.04. The van der Waals surface area contributed by atoms with Gasteiger partial charge in [0.25, 0.3) is 0 Å². The summed E-state index contributed by atoms with van der Waals surface area (Å²) in [6.07, 6.45) is 0. The molecule has 1 atom stereocenters. The van der Waals surface area contributed by atoms with Gasteiger partial charge >= 0.3 is 5.97 Å². The first kappa shape index (κ1) is 21.3. The molecule has 0 fully saturated rings. The number of nitrogens with zero attached hydrogens (tertiary/aromatic N) is 1. The number of carbonyl (C=O) groups is 1. The minimum absolute atomic E-state index is 0.0000324. The normalized spacial score (nSPS) is 14.7. The molecule has 32 heavy (non-hydrogen) atoms. The lowest BCUT2D eigenvalue weighted by atomic mass is 9.83. The Balaban J connectivity index is 1.63. The van der Waals surface area contributed by atoms with Gasteiger partial charge in [-0.25, -0.2) is 4.79 Å². The van der Waals surface area contributed by atoms with Gasteiger partial charge in [-0.1, -0.05) is 29.8 Å². The Morgan fingerprint density at radius 2 is 1.88 bits per heavy atom. The third-order valence-electron chi connectivity index (χ3n) is 4.98. The Bertz CT molecular complexity index is 1250. The molecule has 1 aliphatic rings. The fourth-order valence-electron chi connectivity index (χ4n) is 3.55.